The second-order valence-electron chi connectivity index (χ2n) is 5.74. The van der Waals surface area contributed by atoms with Gasteiger partial charge in [-0.3, -0.25) is 0 Å². The minimum absolute atomic E-state index is 0.438. The molecule has 0 aromatic heterocycles. The first kappa shape index (κ1) is 15.4. The lowest BCUT2D eigenvalue weighted by molar-refractivity contribution is 0.0478. The Morgan fingerprint density at radius 3 is 2.55 bits per heavy atom. The van der Waals surface area contributed by atoms with Crippen LogP contribution >= 0.6 is 0 Å². The van der Waals surface area contributed by atoms with Gasteiger partial charge in [-0.25, -0.2) is 0 Å². The van der Waals surface area contributed by atoms with E-state index < -0.39 is 6.10 Å². The SMILES string of the molecule is CN(CC1CCOCC1)CC(O)c1ccc(CN)cc1. The van der Waals surface area contributed by atoms with Gasteiger partial charge in [0.05, 0.1) is 6.10 Å². The zero-order chi connectivity index (χ0) is 14.4. The summed E-state index contributed by atoms with van der Waals surface area (Å²) in [4.78, 5) is 2.22. The zero-order valence-electron chi connectivity index (χ0n) is 12.3. The van der Waals surface area contributed by atoms with E-state index in [2.05, 4.69) is 11.9 Å². The number of rotatable bonds is 6. The number of hydrogen-bond acceptors (Lipinski definition) is 4. The maximum atomic E-state index is 10.3. The second kappa shape index (κ2) is 7.74. The summed E-state index contributed by atoms with van der Waals surface area (Å²) in [5.41, 5.74) is 7.63. The van der Waals surface area contributed by atoms with Crippen LogP contribution in [0.2, 0.25) is 0 Å². The number of nitrogens with two attached hydrogens (primary N) is 1. The Hall–Kier alpha value is -0.940. The van der Waals surface area contributed by atoms with Crippen LogP contribution in [0.25, 0.3) is 0 Å². The van der Waals surface area contributed by atoms with Crippen molar-refractivity contribution in [1.82, 2.24) is 4.90 Å². The van der Waals surface area contributed by atoms with Gasteiger partial charge in [0, 0.05) is 32.8 Å². The van der Waals surface area contributed by atoms with E-state index in [1.165, 1.54) is 0 Å². The van der Waals surface area contributed by atoms with E-state index in [0.717, 1.165) is 43.7 Å². The zero-order valence-corrected chi connectivity index (χ0v) is 12.3. The molecule has 1 aromatic rings. The Kier molecular flexibility index (Phi) is 5.98. The van der Waals surface area contributed by atoms with Gasteiger partial charge in [-0.05, 0) is 36.9 Å². The summed E-state index contributed by atoms with van der Waals surface area (Å²) in [5, 5.41) is 10.3. The van der Waals surface area contributed by atoms with Crippen molar-refractivity contribution in [2.24, 2.45) is 11.7 Å². The lowest BCUT2D eigenvalue weighted by Crippen LogP contribution is -2.32. The molecule has 1 aromatic carbocycles. The molecule has 4 heteroatoms. The van der Waals surface area contributed by atoms with Crippen LogP contribution in [0.15, 0.2) is 24.3 Å². The number of ether oxygens (including phenoxy) is 1. The van der Waals surface area contributed by atoms with Gasteiger partial charge in [-0.2, -0.15) is 0 Å². The molecule has 2 rings (SSSR count). The smallest absolute Gasteiger partial charge is 0.0916 e. The molecule has 1 aliphatic rings. The minimum atomic E-state index is -0.438. The predicted molar refractivity (Wildman–Crippen MR) is 80.3 cm³/mol. The Balaban J connectivity index is 1.81. The fourth-order valence-corrected chi connectivity index (χ4v) is 2.72. The number of nitrogens with zero attached hydrogens (tertiary/aromatic N) is 1. The summed E-state index contributed by atoms with van der Waals surface area (Å²) in [6.45, 7) is 3.99. The number of aliphatic hydroxyl groups is 1. The van der Waals surface area contributed by atoms with Gasteiger partial charge in [-0.1, -0.05) is 24.3 Å². The van der Waals surface area contributed by atoms with Gasteiger partial charge in [-0.15, -0.1) is 0 Å². The van der Waals surface area contributed by atoms with E-state index in [0.29, 0.717) is 19.0 Å². The van der Waals surface area contributed by atoms with Crippen LogP contribution in [-0.2, 0) is 11.3 Å². The molecule has 20 heavy (non-hydrogen) atoms. The van der Waals surface area contributed by atoms with Crippen molar-refractivity contribution in [2.45, 2.75) is 25.5 Å². The van der Waals surface area contributed by atoms with Crippen molar-refractivity contribution in [3.8, 4) is 0 Å². The molecule has 112 valence electrons. The van der Waals surface area contributed by atoms with E-state index in [1.807, 2.05) is 24.3 Å². The van der Waals surface area contributed by atoms with Gasteiger partial charge in [0.1, 0.15) is 0 Å². The highest BCUT2D eigenvalue weighted by molar-refractivity contribution is 5.24. The lowest BCUT2D eigenvalue weighted by Gasteiger charge is -2.28. The third-order valence-electron chi connectivity index (χ3n) is 4.00. The molecule has 0 spiro atoms. The molecule has 1 atom stereocenters. The number of likely N-dealkylation sites (N-methyl/N-ethyl adjacent to an activating group) is 1. The van der Waals surface area contributed by atoms with Crippen LogP contribution in [0.5, 0.6) is 0 Å². The fourth-order valence-electron chi connectivity index (χ4n) is 2.72. The maximum Gasteiger partial charge on any atom is 0.0916 e. The monoisotopic (exact) mass is 278 g/mol. The van der Waals surface area contributed by atoms with Crippen LogP contribution in [-0.4, -0.2) is 43.4 Å². The van der Waals surface area contributed by atoms with E-state index in [9.17, 15) is 5.11 Å². The molecule has 0 amide bonds. The van der Waals surface area contributed by atoms with Crippen molar-refractivity contribution < 1.29 is 9.84 Å². The van der Waals surface area contributed by atoms with Crippen molar-refractivity contribution in [3.05, 3.63) is 35.4 Å². The van der Waals surface area contributed by atoms with E-state index in [4.69, 9.17) is 10.5 Å². The predicted octanol–water partition coefficient (Wildman–Crippen LogP) is 1.54. The molecule has 1 heterocycles. The summed E-state index contributed by atoms with van der Waals surface area (Å²) in [5.74, 6) is 0.695. The Morgan fingerprint density at radius 1 is 1.30 bits per heavy atom. The van der Waals surface area contributed by atoms with Crippen molar-refractivity contribution in [2.75, 3.05) is 33.4 Å². The Morgan fingerprint density at radius 2 is 1.95 bits per heavy atom. The average molecular weight is 278 g/mol. The van der Waals surface area contributed by atoms with Crippen LogP contribution < -0.4 is 5.73 Å². The molecule has 0 bridgehead atoms. The largest absolute Gasteiger partial charge is 0.387 e. The first-order valence-corrected chi connectivity index (χ1v) is 7.42. The maximum absolute atomic E-state index is 10.3. The summed E-state index contributed by atoms with van der Waals surface area (Å²) in [6.07, 6.45) is 1.82. The highest BCUT2D eigenvalue weighted by Crippen LogP contribution is 2.18. The van der Waals surface area contributed by atoms with Gasteiger partial charge in [0.15, 0.2) is 0 Å². The normalized spacial score (nSPS) is 18.4. The lowest BCUT2D eigenvalue weighted by atomic mass is 9.99. The molecule has 1 unspecified atom stereocenters. The van der Waals surface area contributed by atoms with Crippen LogP contribution in [0.4, 0.5) is 0 Å². The Labute approximate surface area is 121 Å². The standard InChI is InChI=1S/C16H26N2O2/c1-18(11-14-6-8-20-9-7-14)12-16(19)15-4-2-13(10-17)3-5-15/h2-5,14,16,19H,6-12,17H2,1H3. The Bertz CT molecular complexity index is 388. The molecular formula is C16H26N2O2. The molecule has 0 aliphatic carbocycles. The number of benzene rings is 1. The number of aliphatic hydroxyl groups excluding tert-OH is 1. The molecular weight excluding hydrogens is 252 g/mol. The van der Waals surface area contributed by atoms with Crippen molar-refractivity contribution >= 4 is 0 Å². The average Bonchev–Trinajstić information content (AvgIpc) is 2.48. The highest BCUT2D eigenvalue weighted by Gasteiger charge is 2.17. The topological polar surface area (TPSA) is 58.7 Å². The van der Waals surface area contributed by atoms with Gasteiger partial charge < -0.3 is 20.5 Å². The first-order valence-electron chi connectivity index (χ1n) is 7.42. The first-order chi connectivity index (χ1) is 9.69. The summed E-state index contributed by atoms with van der Waals surface area (Å²) < 4.78 is 5.38. The van der Waals surface area contributed by atoms with Gasteiger partial charge in [0.2, 0.25) is 0 Å². The van der Waals surface area contributed by atoms with E-state index in [1.54, 1.807) is 0 Å². The van der Waals surface area contributed by atoms with Crippen LogP contribution in [0.1, 0.15) is 30.1 Å². The van der Waals surface area contributed by atoms with Crippen molar-refractivity contribution in [3.63, 3.8) is 0 Å². The summed E-state index contributed by atoms with van der Waals surface area (Å²) in [6, 6.07) is 7.90. The van der Waals surface area contributed by atoms with Gasteiger partial charge in [0.25, 0.3) is 0 Å². The third kappa shape index (κ3) is 4.56. The molecule has 1 fully saturated rings. The fraction of sp³-hybridized carbons (Fsp3) is 0.625. The molecule has 3 N–H and O–H groups in total. The summed E-state index contributed by atoms with van der Waals surface area (Å²) >= 11 is 0. The molecule has 0 saturated carbocycles. The minimum Gasteiger partial charge on any atom is -0.387 e. The number of hydrogen-bond donors (Lipinski definition) is 2. The molecule has 1 saturated heterocycles. The highest BCUT2D eigenvalue weighted by atomic mass is 16.5. The van der Waals surface area contributed by atoms with E-state index >= 15 is 0 Å². The molecule has 4 nitrogen and oxygen atoms in total. The molecule has 1 aliphatic heterocycles. The van der Waals surface area contributed by atoms with Gasteiger partial charge >= 0.3 is 0 Å². The summed E-state index contributed by atoms with van der Waals surface area (Å²) in [7, 11) is 2.08. The van der Waals surface area contributed by atoms with Crippen molar-refractivity contribution in [1.29, 1.82) is 0 Å². The second-order valence-corrected chi connectivity index (χ2v) is 5.74. The third-order valence-corrected chi connectivity index (χ3v) is 4.00. The van der Waals surface area contributed by atoms with E-state index in [-0.39, 0.29) is 0 Å². The van der Waals surface area contributed by atoms with Crippen LogP contribution in [0.3, 0.4) is 0 Å². The quantitative estimate of drug-likeness (QED) is 0.828. The molecule has 0 radical (unpaired) electrons. The van der Waals surface area contributed by atoms with Crippen LogP contribution in [0, 0.1) is 5.92 Å².